The number of benzene rings is 2. The zero-order chi connectivity index (χ0) is 29.8. The Morgan fingerprint density at radius 1 is 1.12 bits per heavy atom. The standard InChI is InChI=1S/C35H34N4O4/c1-3-23(20-36-21-24-11-12-24)22-43-28-14-16-29-25(18-28)13-15-30-32(35(40)41)38-39(34(29)30)33(31-10-5-6-17-37-31)26-8-7-9-27(19-26)42-4-2/h3,5-10,14,16-21,24,33H,1,4,11-13,15,22H2,2H3,(H,40,41)/b23-20+,36-21?. The van der Waals surface area contributed by atoms with Crippen LogP contribution in [0.5, 0.6) is 11.5 Å². The largest absolute Gasteiger partial charge is 0.494 e. The monoisotopic (exact) mass is 574 g/mol. The molecule has 1 saturated carbocycles. The molecule has 0 bridgehead atoms. The Kier molecular flexibility index (Phi) is 8.18. The fraction of sp³-hybridized carbons (Fsp3) is 0.257. The molecule has 8 nitrogen and oxygen atoms in total. The molecule has 0 aliphatic heterocycles. The molecular formula is C35H34N4O4. The molecule has 2 heterocycles. The van der Waals surface area contributed by atoms with E-state index in [2.05, 4.69) is 16.6 Å². The zero-order valence-corrected chi connectivity index (χ0v) is 24.1. The van der Waals surface area contributed by atoms with Crippen molar-refractivity contribution in [3.8, 4) is 22.8 Å². The highest BCUT2D eigenvalue weighted by molar-refractivity contribution is 5.91. The van der Waals surface area contributed by atoms with E-state index in [9.17, 15) is 9.90 Å². The van der Waals surface area contributed by atoms with Crippen molar-refractivity contribution in [2.75, 3.05) is 13.2 Å². The van der Waals surface area contributed by atoms with Crippen LogP contribution in [0, 0.1) is 5.92 Å². The molecule has 2 aromatic heterocycles. The minimum absolute atomic E-state index is 0.0652. The number of carbonyl (C=O) groups is 1. The summed E-state index contributed by atoms with van der Waals surface area (Å²) in [6.07, 6.45) is 10.9. The van der Waals surface area contributed by atoms with Crippen molar-refractivity contribution >= 4 is 12.2 Å². The molecule has 4 aromatic rings. The second-order valence-corrected chi connectivity index (χ2v) is 10.7. The third kappa shape index (κ3) is 6.14. The van der Waals surface area contributed by atoms with E-state index in [0.29, 0.717) is 32.0 Å². The van der Waals surface area contributed by atoms with E-state index in [1.807, 2.05) is 78.5 Å². The second kappa shape index (κ2) is 12.5. The van der Waals surface area contributed by atoms with Gasteiger partial charge in [0.05, 0.1) is 18.0 Å². The van der Waals surface area contributed by atoms with Crippen LogP contribution in [0.1, 0.15) is 58.7 Å². The van der Waals surface area contributed by atoms with Crippen LogP contribution >= 0.6 is 0 Å². The van der Waals surface area contributed by atoms with E-state index in [0.717, 1.165) is 50.7 Å². The van der Waals surface area contributed by atoms with Gasteiger partial charge in [0.25, 0.3) is 0 Å². The second-order valence-electron chi connectivity index (χ2n) is 10.7. The summed E-state index contributed by atoms with van der Waals surface area (Å²) >= 11 is 0. The third-order valence-corrected chi connectivity index (χ3v) is 7.71. The van der Waals surface area contributed by atoms with Crippen molar-refractivity contribution in [3.63, 3.8) is 0 Å². The number of ether oxygens (including phenoxy) is 2. The zero-order valence-electron chi connectivity index (χ0n) is 24.1. The summed E-state index contributed by atoms with van der Waals surface area (Å²) in [4.78, 5) is 21.5. The van der Waals surface area contributed by atoms with E-state index in [4.69, 9.17) is 14.6 Å². The van der Waals surface area contributed by atoms with Gasteiger partial charge < -0.3 is 14.6 Å². The number of aromatic carboxylic acids is 1. The Morgan fingerprint density at radius 2 is 1.98 bits per heavy atom. The summed E-state index contributed by atoms with van der Waals surface area (Å²) in [7, 11) is 0. The first-order valence-corrected chi connectivity index (χ1v) is 14.6. The molecule has 0 amide bonds. The number of carboxylic acid groups (broad SMARTS) is 1. The molecule has 1 fully saturated rings. The number of fused-ring (bicyclic) bond motifs is 3. The third-order valence-electron chi connectivity index (χ3n) is 7.71. The van der Waals surface area contributed by atoms with Crippen LogP contribution in [0.15, 0.2) is 96.3 Å². The average molecular weight is 575 g/mol. The fourth-order valence-electron chi connectivity index (χ4n) is 5.44. The van der Waals surface area contributed by atoms with Gasteiger partial charge in [-0.25, -0.2) is 4.79 Å². The predicted octanol–water partition coefficient (Wildman–Crippen LogP) is 6.71. The highest BCUT2D eigenvalue weighted by atomic mass is 16.5. The number of carboxylic acids is 1. The fourth-order valence-corrected chi connectivity index (χ4v) is 5.44. The molecule has 2 aliphatic rings. The van der Waals surface area contributed by atoms with Crippen LogP contribution in [-0.2, 0) is 12.8 Å². The lowest BCUT2D eigenvalue weighted by molar-refractivity contribution is 0.0688. The smallest absolute Gasteiger partial charge is 0.356 e. The number of rotatable bonds is 12. The number of aromatic nitrogens is 3. The molecular weight excluding hydrogens is 540 g/mol. The van der Waals surface area contributed by atoms with Gasteiger partial charge in [0.1, 0.15) is 24.1 Å². The number of hydrogen-bond acceptors (Lipinski definition) is 6. The molecule has 0 spiro atoms. The number of aliphatic imine (C=N–C) groups is 1. The number of hydrogen-bond donors (Lipinski definition) is 1. The van der Waals surface area contributed by atoms with Crippen LogP contribution in [0.2, 0.25) is 0 Å². The van der Waals surface area contributed by atoms with Gasteiger partial charge in [-0.2, -0.15) is 5.10 Å². The van der Waals surface area contributed by atoms with Gasteiger partial charge in [-0.05, 0) is 92.1 Å². The van der Waals surface area contributed by atoms with E-state index in [1.165, 1.54) is 12.8 Å². The maximum atomic E-state index is 12.4. The summed E-state index contributed by atoms with van der Waals surface area (Å²) in [6.45, 7) is 6.73. The van der Waals surface area contributed by atoms with Crippen molar-refractivity contribution in [2.24, 2.45) is 10.9 Å². The minimum Gasteiger partial charge on any atom is -0.494 e. The van der Waals surface area contributed by atoms with Gasteiger partial charge in [-0.15, -0.1) is 0 Å². The molecule has 218 valence electrons. The van der Waals surface area contributed by atoms with E-state index in [-0.39, 0.29) is 5.69 Å². The SMILES string of the molecule is C=C/C(=C\N=CC1CC1)COc1ccc2c(c1)CCc1c(C(=O)O)nn(C(c3cccc(OCC)c3)c3ccccn3)c1-2. The summed E-state index contributed by atoms with van der Waals surface area (Å²) in [5, 5.41) is 14.9. The van der Waals surface area contributed by atoms with Gasteiger partial charge in [0.15, 0.2) is 5.69 Å². The molecule has 2 aromatic carbocycles. The molecule has 1 unspecified atom stereocenters. The Morgan fingerprint density at radius 3 is 2.72 bits per heavy atom. The molecule has 0 saturated heterocycles. The molecule has 8 heteroatoms. The van der Waals surface area contributed by atoms with Crippen molar-refractivity contribution in [3.05, 3.63) is 119 Å². The van der Waals surface area contributed by atoms with Crippen LogP contribution in [0.4, 0.5) is 0 Å². The van der Waals surface area contributed by atoms with Crippen molar-refractivity contribution in [1.82, 2.24) is 14.8 Å². The summed E-state index contributed by atoms with van der Waals surface area (Å²) in [6, 6.07) is 19.0. The van der Waals surface area contributed by atoms with E-state index in [1.54, 1.807) is 18.5 Å². The van der Waals surface area contributed by atoms with Gasteiger partial charge in [-0.3, -0.25) is 14.7 Å². The quantitative estimate of drug-likeness (QED) is 0.149. The normalized spacial score (nSPS) is 15.0. The topological polar surface area (TPSA) is 98.8 Å². The number of pyridine rings is 1. The summed E-state index contributed by atoms with van der Waals surface area (Å²) < 4.78 is 13.7. The molecule has 2 aliphatic carbocycles. The van der Waals surface area contributed by atoms with Crippen LogP contribution < -0.4 is 9.47 Å². The van der Waals surface area contributed by atoms with Crippen molar-refractivity contribution in [1.29, 1.82) is 0 Å². The van der Waals surface area contributed by atoms with Gasteiger partial charge >= 0.3 is 5.97 Å². The Labute approximate surface area is 251 Å². The maximum absolute atomic E-state index is 12.4. The van der Waals surface area contributed by atoms with Crippen LogP contribution in [-0.4, -0.2) is 45.3 Å². The summed E-state index contributed by atoms with van der Waals surface area (Å²) in [5.74, 6) is 1.02. The first-order chi connectivity index (χ1) is 21.1. The van der Waals surface area contributed by atoms with Gasteiger partial charge in [0, 0.05) is 35.3 Å². The average Bonchev–Trinajstić information content (AvgIpc) is 3.77. The molecule has 0 radical (unpaired) electrons. The van der Waals surface area contributed by atoms with Gasteiger partial charge in [0.2, 0.25) is 0 Å². The lowest BCUT2D eigenvalue weighted by atomic mass is 9.88. The van der Waals surface area contributed by atoms with Crippen LogP contribution in [0.3, 0.4) is 0 Å². The molecule has 43 heavy (non-hydrogen) atoms. The first-order valence-electron chi connectivity index (χ1n) is 14.6. The van der Waals surface area contributed by atoms with Crippen molar-refractivity contribution in [2.45, 2.75) is 38.6 Å². The Bertz CT molecular complexity index is 1700. The van der Waals surface area contributed by atoms with Gasteiger partial charge in [-0.1, -0.05) is 30.9 Å². The lowest BCUT2D eigenvalue weighted by Gasteiger charge is -2.25. The number of aryl methyl sites for hydroxylation is 1. The molecule has 1 N–H and O–H groups in total. The summed E-state index contributed by atoms with van der Waals surface area (Å²) in [5.41, 5.74) is 6.12. The highest BCUT2D eigenvalue weighted by Crippen LogP contribution is 2.41. The maximum Gasteiger partial charge on any atom is 0.356 e. The lowest BCUT2D eigenvalue weighted by Crippen LogP contribution is -2.18. The predicted molar refractivity (Wildman–Crippen MR) is 166 cm³/mol. The van der Waals surface area contributed by atoms with E-state index < -0.39 is 12.0 Å². The van der Waals surface area contributed by atoms with Crippen LogP contribution in [0.25, 0.3) is 11.3 Å². The number of nitrogens with zero attached hydrogens (tertiary/aromatic N) is 4. The molecule has 6 rings (SSSR count). The first kappa shape index (κ1) is 28.2. The minimum atomic E-state index is -1.05. The van der Waals surface area contributed by atoms with E-state index >= 15 is 0 Å². The Hall–Kier alpha value is -4.98. The Balaban J connectivity index is 1.39. The highest BCUT2D eigenvalue weighted by Gasteiger charge is 2.33. The van der Waals surface area contributed by atoms with Crippen molar-refractivity contribution < 1.29 is 19.4 Å². The molecule has 1 atom stereocenters.